The van der Waals surface area contributed by atoms with E-state index < -0.39 is 0 Å². The van der Waals surface area contributed by atoms with Crippen molar-refractivity contribution in [3.05, 3.63) is 71.0 Å². The predicted octanol–water partition coefficient (Wildman–Crippen LogP) is 2.77. The molecule has 2 aromatic carbocycles. The number of cyclic esters (lactones) is 1. The number of hydrogen-bond acceptors (Lipinski definition) is 7. The maximum Gasteiger partial charge on any atom is 0.338 e. The van der Waals surface area contributed by atoms with Gasteiger partial charge >= 0.3 is 5.97 Å². The van der Waals surface area contributed by atoms with Crippen molar-refractivity contribution in [2.24, 2.45) is 0 Å². The van der Waals surface area contributed by atoms with E-state index >= 15 is 0 Å². The molecule has 0 saturated heterocycles. The van der Waals surface area contributed by atoms with Gasteiger partial charge in [0.25, 0.3) is 0 Å². The van der Waals surface area contributed by atoms with Gasteiger partial charge in [-0.3, -0.25) is 4.79 Å². The van der Waals surface area contributed by atoms with E-state index in [-0.39, 0.29) is 24.0 Å². The van der Waals surface area contributed by atoms with Gasteiger partial charge < -0.3 is 15.0 Å². The van der Waals surface area contributed by atoms with Crippen LogP contribution in [0.4, 0.5) is 0 Å². The Hall–Kier alpha value is -3.59. The maximum absolute atomic E-state index is 12.6. The minimum atomic E-state index is -0.226. The lowest BCUT2D eigenvalue weighted by atomic mass is 9.96. The van der Waals surface area contributed by atoms with Gasteiger partial charge in [-0.25, -0.2) is 9.48 Å². The molecule has 190 valence electrons. The molecular formula is C27H34N6O3. The van der Waals surface area contributed by atoms with E-state index in [2.05, 4.69) is 38.7 Å². The molecule has 9 heteroatoms. The number of tetrazole rings is 1. The minimum absolute atomic E-state index is 0.00446. The molecule has 2 unspecified atom stereocenters. The van der Waals surface area contributed by atoms with Crippen LogP contribution in [0.3, 0.4) is 0 Å². The number of amides is 1. The Morgan fingerprint density at radius 2 is 1.97 bits per heavy atom. The number of esters is 1. The van der Waals surface area contributed by atoms with E-state index in [1.165, 1.54) is 11.9 Å². The summed E-state index contributed by atoms with van der Waals surface area (Å²) in [5.74, 6) is -0.222. The summed E-state index contributed by atoms with van der Waals surface area (Å²) in [6, 6.07) is 13.7. The zero-order valence-corrected chi connectivity index (χ0v) is 21.2. The number of benzene rings is 2. The molecule has 1 amide bonds. The molecule has 0 aliphatic carbocycles. The quantitative estimate of drug-likeness (QED) is 0.412. The summed E-state index contributed by atoms with van der Waals surface area (Å²) >= 11 is 0. The SMILES string of the molecule is CCCN(CCc1ccc2c(c1)CC(C)OC2=O)CC(C)NC(=O)Cc1ccc(-n2cnnn2)cc1. The van der Waals surface area contributed by atoms with Crippen molar-refractivity contribution in [1.29, 1.82) is 0 Å². The molecular weight excluding hydrogens is 456 g/mol. The van der Waals surface area contributed by atoms with E-state index in [1.807, 2.05) is 50.2 Å². The molecule has 1 aliphatic heterocycles. The van der Waals surface area contributed by atoms with Crippen LogP contribution in [0.25, 0.3) is 5.69 Å². The summed E-state index contributed by atoms with van der Waals surface area (Å²) in [7, 11) is 0. The molecule has 1 aromatic heterocycles. The summed E-state index contributed by atoms with van der Waals surface area (Å²) < 4.78 is 6.90. The molecule has 0 saturated carbocycles. The van der Waals surface area contributed by atoms with E-state index in [0.29, 0.717) is 12.0 Å². The Labute approximate surface area is 211 Å². The summed E-state index contributed by atoms with van der Waals surface area (Å²) in [4.78, 5) is 27.1. The second kappa shape index (κ2) is 11.9. The van der Waals surface area contributed by atoms with E-state index in [9.17, 15) is 9.59 Å². The van der Waals surface area contributed by atoms with Gasteiger partial charge in [0, 0.05) is 25.6 Å². The number of carbonyl (C=O) groups excluding carboxylic acids is 2. The summed E-state index contributed by atoms with van der Waals surface area (Å²) in [6.07, 6.45) is 4.48. The van der Waals surface area contributed by atoms with Gasteiger partial charge in [0.05, 0.1) is 17.7 Å². The third-order valence-corrected chi connectivity index (χ3v) is 6.32. The third kappa shape index (κ3) is 6.75. The second-order valence-corrected chi connectivity index (χ2v) is 9.53. The van der Waals surface area contributed by atoms with Gasteiger partial charge in [0.1, 0.15) is 12.4 Å². The van der Waals surface area contributed by atoms with Gasteiger partial charge in [-0.1, -0.05) is 31.2 Å². The Bertz CT molecular complexity index is 1160. The van der Waals surface area contributed by atoms with Crippen molar-refractivity contribution < 1.29 is 14.3 Å². The number of rotatable bonds is 11. The van der Waals surface area contributed by atoms with Gasteiger partial charge in [-0.05, 0) is 78.6 Å². The first-order chi connectivity index (χ1) is 17.4. The first-order valence-electron chi connectivity index (χ1n) is 12.6. The fourth-order valence-electron chi connectivity index (χ4n) is 4.66. The zero-order valence-electron chi connectivity index (χ0n) is 21.2. The standard InChI is InChI=1S/C27H34N6O3/c1-4-12-32(13-11-22-7-10-25-23(15-22)14-20(3)36-27(25)35)17-19(2)29-26(34)16-21-5-8-24(9-6-21)33-18-28-30-31-33/h5-10,15,18-20H,4,11-14,16-17H2,1-3H3,(H,29,34). The smallest absolute Gasteiger partial charge is 0.338 e. The third-order valence-electron chi connectivity index (χ3n) is 6.32. The van der Waals surface area contributed by atoms with Crippen LogP contribution >= 0.6 is 0 Å². The van der Waals surface area contributed by atoms with Crippen LogP contribution in [0.1, 0.15) is 54.2 Å². The number of aromatic nitrogens is 4. The molecule has 0 radical (unpaired) electrons. The van der Waals surface area contributed by atoms with Crippen molar-refractivity contribution in [2.45, 2.75) is 58.6 Å². The molecule has 36 heavy (non-hydrogen) atoms. The lowest BCUT2D eigenvalue weighted by molar-refractivity contribution is -0.121. The van der Waals surface area contributed by atoms with Crippen LogP contribution in [0.15, 0.2) is 48.8 Å². The zero-order chi connectivity index (χ0) is 25.5. The van der Waals surface area contributed by atoms with Crippen LogP contribution < -0.4 is 5.32 Å². The van der Waals surface area contributed by atoms with Gasteiger partial charge in [0.15, 0.2) is 0 Å². The Balaban J connectivity index is 1.27. The summed E-state index contributed by atoms with van der Waals surface area (Å²) in [5, 5.41) is 14.3. The Kier molecular flexibility index (Phi) is 8.43. The lowest BCUT2D eigenvalue weighted by Crippen LogP contribution is -2.43. The van der Waals surface area contributed by atoms with Gasteiger partial charge in [-0.15, -0.1) is 5.10 Å². The minimum Gasteiger partial charge on any atom is -0.459 e. The van der Waals surface area contributed by atoms with Crippen LogP contribution in [0.5, 0.6) is 0 Å². The number of nitrogens with zero attached hydrogens (tertiary/aromatic N) is 5. The van der Waals surface area contributed by atoms with Crippen molar-refractivity contribution in [2.75, 3.05) is 19.6 Å². The van der Waals surface area contributed by atoms with Crippen molar-refractivity contribution in [3.8, 4) is 5.69 Å². The molecule has 1 aliphatic rings. The van der Waals surface area contributed by atoms with E-state index in [0.717, 1.165) is 55.7 Å². The fraction of sp³-hybridized carbons (Fsp3) is 0.444. The van der Waals surface area contributed by atoms with Gasteiger partial charge in [-0.2, -0.15) is 0 Å². The average Bonchev–Trinajstić information content (AvgIpc) is 3.38. The van der Waals surface area contributed by atoms with Gasteiger partial charge in [0.2, 0.25) is 5.91 Å². The highest BCUT2D eigenvalue weighted by molar-refractivity contribution is 5.92. The maximum atomic E-state index is 12.6. The molecule has 1 N–H and O–H groups in total. The van der Waals surface area contributed by atoms with E-state index in [4.69, 9.17) is 4.74 Å². The first-order valence-corrected chi connectivity index (χ1v) is 12.6. The highest BCUT2D eigenvalue weighted by Crippen LogP contribution is 2.22. The number of fused-ring (bicyclic) bond motifs is 1. The van der Waals surface area contributed by atoms with Crippen LogP contribution in [0, 0.1) is 0 Å². The fourth-order valence-corrected chi connectivity index (χ4v) is 4.66. The Morgan fingerprint density at radius 1 is 1.19 bits per heavy atom. The monoisotopic (exact) mass is 490 g/mol. The molecule has 4 rings (SSSR count). The average molecular weight is 491 g/mol. The molecule has 2 atom stereocenters. The lowest BCUT2D eigenvalue weighted by Gasteiger charge is -2.26. The molecule has 3 aromatic rings. The molecule has 2 heterocycles. The normalized spacial score (nSPS) is 15.9. The summed E-state index contributed by atoms with van der Waals surface area (Å²) in [5.41, 5.74) is 4.76. The predicted molar refractivity (Wildman–Crippen MR) is 136 cm³/mol. The molecule has 9 nitrogen and oxygen atoms in total. The highest BCUT2D eigenvalue weighted by atomic mass is 16.5. The molecule has 0 spiro atoms. The van der Waals surface area contributed by atoms with Crippen molar-refractivity contribution in [3.63, 3.8) is 0 Å². The van der Waals surface area contributed by atoms with Crippen LogP contribution in [0.2, 0.25) is 0 Å². The van der Waals surface area contributed by atoms with Crippen molar-refractivity contribution >= 4 is 11.9 Å². The van der Waals surface area contributed by atoms with Crippen LogP contribution in [-0.2, 0) is 28.8 Å². The van der Waals surface area contributed by atoms with E-state index in [1.54, 1.807) is 4.68 Å². The number of ether oxygens (including phenoxy) is 1. The Morgan fingerprint density at radius 3 is 2.69 bits per heavy atom. The van der Waals surface area contributed by atoms with Crippen molar-refractivity contribution in [1.82, 2.24) is 30.4 Å². The molecule has 0 fully saturated rings. The highest BCUT2D eigenvalue weighted by Gasteiger charge is 2.23. The number of nitrogens with one attached hydrogen (secondary N) is 1. The first kappa shape index (κ1) is 25.5. The number of hydrogen-bond donors (Lipinski definition) is 1. The topological polar surface area (TPSA) is 102 Å². The van der Waals surface area contributed by atoms with Crippen LogP contribution in [-0.4, -0.2) is 68.8 Å². The molecule has 0 bridgehead atoms. The second-order valence-electron chi connectivity index (χ2n) is 9.53. The number of carbonyl (C=O) groups is 2. The largest absolute Gasteiger partial charge is 0.459 e. The summed E-state index contributed by atoms with van der Waals surface area (Å²) in [6.45, 7) is 8.79.